The number of nitrogens with zero attached hydrogens (tertiary/aromatic N) is 2. The van der Waals surface area contributed by atoms with Gasteiger partial charge in [-0.2, -0.15) is 10.1 Å². The predicted molar refractivity (Wildman–Crippen MR) is 69.7 cm³/mol. The monoisotopic (exact) mass is 264 g/mol. The van der Waals surface area contributed by atoms with Gasteiger partial charge in [0.25, 0.3) is 0 Å². The second-order valence-electron chi connectivity index (χ2n) is 5.14. The number of carbonyl (C=O) groups is 1. The van der Waals surface area contributed by atoms with E-state index < -0.39 is 5.72 Å². The lowest BCUT2D eigenvalue weighted by atomic mass is 9.97. The number of hydrogen-bond donors (Lipinski definition) is 1. The van der Waals surface area contributed by atoms with Gasteiger partial charge in [0, 0.05) is 23.6 Å². The molecule has 1 aromatic rings. The van der Waals surface area contributed by atoms with E-state index in [1.165, 1.54) is 24.3 Å². The van der Waals surface area contributed by atoms with E-state index >= 15 is 0 Å². The summed E-state index contributed by atoms with van der Waals surface area (Å²) in [5.74, 6) is -0.921. The van der Waals surface area contributed by atoms with Gasteiger partial charge < -0.3 is 5.11 Å². The van der Waals surface area contributed by atoms with Crippen LogP contribution in [0.4, 0.5) is 4.39 Å². The molecule has 0 fully saturated rings. The average Bonchev–Trinajstić information content (AvgIpc) is 2.65. The van der Waals surface area contributed by atoms with Crippen molar-refractivity contribution in [3.8, 4) is 0 Å². The molecule has 1 aromatic carbocycles. The van der Waals surface area contributed by atoms with Crippen LogP contribution in [0.25, 0.3) is 0 Å². The fourth-order valence-corrected chi connectivity index (χ4v) is 2.14. The van der Waals surface area contributed by atoms with Gasteiger partial charge in [0.1, 0.15) is 5.82 Å². The first-order valence-corrected chi connectivity index (χ1v) is 6.21. The molecule has 4 nitrogen and oxygen atoms in total. The smallest absolute Gasteiger partial charge is 0.248 e. The van der Waals surface area contributed by atoms with Gasteiger partial charge in [0.05, 0.1) is 0 Å². The van der Waals surface area contributed by atoms with Crippen LogP contribution in [0.3, 0.4) is 0 Å². The van der Waals surface area contributed by atoms with Gasteiger partial charge in [-0.25, -0.2) is 4.39 Å². The van der Waals surface area contributed by atoms with Crippen LogP contribution in [-0.2, 0) is 10.5 Å². The zero-order valence-corrected chi connectivity index (χ0v) is 11.2. The molecule has 0 aromatic heterocycles. The van der Waals surface area contributed by atoms with Crippen LogP contribution in [0.15, 0.2) is 29.4 Å². The minimum Gasteiger partial charge on any atom is -0.365 e. The molecule has 102 valence electrons. The maximum Gasteiger partial charge on any atom is 0.248 e. The number of hydrazone groups is 1. The quantitative estimate of drug-likeness (QED) is 0.890. The Kier molecular flexibility index (Phi) is 3.41. The Bertz CT molecular complexity index is 525. The van der Waals surface area contributed by atoms with Crippen LogP contribution in [0.1, 0.15) is 32.8 Å². The molecule has 1 unspecified atom stereocenters. The summed E-state index contributed by atoms with van der Waals surface area (Å²) in [6.45, 7) is 5.25. The lowest BCUT2D eigenvalue weighted by molar-refractivity contribution is -0.161. The highest BCUT2D eigenvalue weighted by Crippen LogP contribution is 2.36. The van der Waals surface area contributed by atoms with Crippen molar-refractivity contribution in [3.05, 3.63) is 35.6 Å². The molecule has 0 saturated heterocycles. The van der Waals surface area contributed by atoms with Gasteiger partial charge in [0.2, 0.25) is 5.91 Å². The van der Waals surface area contributed by atoms with Gasteiger partial charge in [-0.3, -0.25) is 4.79 Å². The molecule has 1 aliphatic rings. The average molecular weight is 264 g/mol. The number of benzene rings is 1. The molecule has 1 heterocycles. The summed E-state index contributed by atoms with van der Waals surface area (Å²) in [6.07, 6.45) is 0.233. The summed E-state index contributed by atoms with van der Waals surface area (Å²) in [5, 5.41) is 16.0. The number of carbonyl (C=O) groups excluding carboxylic acids is 1. The standard InChI is InChI=1S/C14H17FN2O2/c1-9(2)13(18)17-14(19,8-10(3)16-17)11-4-6-12(15)7-5-11/h4-7,9,19H,8H2,1-3H3. The topological polar surface area (TPSA) is 52.9 Å². The van der Waals surface area contributed by atoms with E-state index in [0.717, 1.165) is 5.01 Å². The van der Waals surface area contributed by atoms with Gasteiger partial charge in [-0.05, 0) is 19.1 Å². The summed E-state index contributed by atoms with van der Waals surface area (Å²) < 4.78 is 13.0. The normalized spacial score (nSPS) is 22.8. The first kappa shape index (κ1) is 13.7. The minimum absolute atomic E-state index is 0.233. The molecule has 0 aliphatic carbocycles. The molecule has 0 spiro atoms. The van der Waals surface area contributed by atoms with Crippen LogP contribution in [-0.4, -0.2) is 21.7 Å². The van der Waals surface area contributed by atoms with Crippen molar-refractivity contribution in [2.75, 3.05) is 0 Å². The molecule has 19 heavy (non-hydrogen) atoms. The summed E-state index contributed by atoms with van der Waals surface area (Å²) in [7, 11) is 0. The van der Waals surface area contributed by atoms with E-state index in [9.17, 15) is 14.3 Å². The SMILES string of the molecule is CC1=NN(C(=O)C(C)C)C(O)(c2ccc(F)cc2)C1. The third-order valence-corrected chi connectivity index (χ3v) is 3.13. The third kappa shape index (κ3) is 2.38. The van der Waals surface area contributed by atoms with E-state index in [-0.39, 0.29) is 24.1 Å². The second kappa shape index (κ2) is 4.74. The molecular weight excluding hydrogens is 247 g/mol. The number of rotatable bonds is 2. The van der Waals surface area contributed by atoms with Gasteiger partial charge in [-0.1, -0.05) is 26.0 Å². The highest BCUT2D eigenvalue weighted by atomic mass is 19.1. The largest absolute Gasteiger partial charge is 0.365 e. The molecule has 5 heteroatoms. The minimum atomic E-state index is -1.51. The predicted octanol–water partition coefficient (Wildman–Crippen LogP) is 2.24. The molecule has 1 atom stereocenters. The molecular formula is C14H17FN2O2. The third-order valence-electron chi connectivity index (χ3n) is 3.13. The van der Waals surface area contributed by atoms with Crippen LogP contribution < -0.4 is 0 Å². The summed E-state index contributed by atoms with van der Waals surface area (Å²) in [4.78, 5) is 12.1. The lowest BCUT2D eigenvalue weighted by Gasteiger charge is -2.32. The molecule has 0 bridgehead atoms. The maximum absolute atomic E-state index is 13.0. The zero-order valence-electron chi connectivity index (χ0n) is 11.2. The van der Waals surface area contributed by atoms with Crippen molar-refractivity contribution in [1.82, 2.24) is 5.01 Å². The summed E-state index contributed by atoms with van der Waals surface area (Å²) in [6, 6.07) is 5.48. The van der Waals surface area contributed by atoms with Crippen molar-refractivity contribution in [3.63, 3.8) is 0 Å². The number of aliphatic hydroxyl groups is 1. The summed E-state index contributed by atoms with van der Waals surface area (Å²) >= 11 is 0. The first-order valence-electron chi connectivity index (χ1n) is 6.21. The fraction of sp³-hybridized carbons (Fsp3) is 0.429. The van der Waals surface area contributed by atoms with E-state index in [1.807, 2.05) is 0 Å². The van der Waals surface area contributed by atoms with Crippen LogP contribution in [0.2, 0.25) is 0 Å². The van der Waals surface area contributed by atoms with E-state index in [2.05, 4.69) is 5.10 Å². The number of amides is 1. The highest BCUT2D eigenvalue weighted by molar-refractivity contribution is 5.89. The van der Waals surface area contributed by atoms with Gasteiger partial charge in [-0.15, -0.1) is 0 Å². The van der Waals surface area contributed by atoms with Crippen molar-refractivity contribution < 1.29 is 14.3 Å². The van der Waals surface area contributed by atoms with Crippen molar-refractivity contribution in [1.29, 1.82) is 0 Å². The molecule has 2 rings (SSSR count). The van der Waals surface area contributed by atoms with E-state index in [0.29, 0.717) is 11.3 Å². The van der Waals surface area contributed by atoms with E-state index in [1.54, 1.807) is 20.8 Å². The first-order chi connectivity index (χ1) is 8.84. The van der Waals surface area contributed by atoms with Crippen LogP contribution in [0, 0.1) is 11.7 Å². The van der Waals surface area contributed by atoms with Gasteiger partial charge in [0.15, 0.2) is 5.72 Å². The van der Waals surface area contributed by atoms with Crippen LogP contribution in [0.5, 0.6) is 0 Å². The van der Waals surface area contributed by atoms with Crippen molar-refractivity contribution in [2.24, 2.45) is 11.0 Å². The lowest BCUT2D eigenvalue weighted by Crippen LogP contribution is -2.45. The maximum atomic E-state index is 13.0. The fourth-order valence-electron chi connectivity index (χ4n) is 2.14. The molecule has 1 N–H and O–H groups in total. The number of halogens is 1. The van der Waals surface area contributed by atoms with Crippen molar-refractivity contribution in [2.45, 2.75) is 32.9 Å². The highest BCUT2D eigenvalue weighted by Gasteiger charge is 2.45. The molecule has 0 radical (unpaired) electrons. The molecule has 0 saturated carbocycles. The van der Waals surface area contributed by atoms with Crippen LogP contribution >= 0.6 is 0 Å². The second-order valence-corrected chi connectivity index (χ2v) is 5.14. The van der Waals surface area contributed by atoms with E-state index in [4.69, 9.17) is 0 Å². The molecule has 1 amide bonds. The zero-order chi connectivity index (χ0) is 14.2. The Balaban J connectivity index is 2.41. The Labute approximate surface area is 111 Å². The Morgan fingerprint density at radius 3 is 2.53 bits per heavy atom. The van der Waals surface area contributed by atoms with Crippen molar-refractivity contribution >= 4 is 11.6 Å². The Morgan fingerprint density at radius 2 is 2.00 bits per heavy atom. The van der Waals surface area contributed by atoms with Gasteiger partial charge >= 0.3 is 0 Å². The molecule has 1 aliphatic heterocycles. The Morgan fingerprint density at radius 1 is 1.42 bits per heavy atom. The Hall–Kier alpha value is -1.75. The summed E-state index contributed by atoms with van der Waals surface area (Å²) in [5.41, 5.74) is -0.386. The number of hydrogen-bond acceptors (Lipinski definition) is 3.